The van der Waals surface area contributed by atoms with Crippen LogP contribution in [0.2, 0.25) is 0 Å². The lowest BCUT2D eigenvalue weighted by molar-refractivity contribution is 0.740. The lowest BCUT2D eigenvalue weighted by atomic mass is 10.4. The van der Waals surface area contributed by atoms with Gasteiger partial charge in [0.15, 0.2) is 5.82 Å². The van der Waals surface area contributed by atoms with Crippen LogP contribution in [0, 0.1) is 6.92 Å². The van der Waals surface area contributed by atoms with Gasteiger partial charge in [0, 0.05) is 24.2 Å². The number of imidazole rings is 1. The summed E-state index contributed by atoms with van der Waals surface area (Å²) in [6, 6.07) is 1.75. The molecule has 0 fully saturated rings. The van der Waals surface area contributed by atoms with E-state index in [-0.39, 0.29) is 0 Å². The van der Waals surface area contributed by atoms with Gasteiger partial charge in [0.05, 0.1) is 12.9 Å². The minimum atomic E-state index is 0.507. The maximum absolute atomic E-state index is 5.61. The Balaban J connectivity index is 2.25. The van der Waals surface area contributed by atoms with Crippen LogP contribution in [0.5, 0.6) is 0 Å². The predicted molar refractivity (Wildman–Crippen MR) is 52.5 cm³/mol. The van der Waals surface area contributed by atoms with Gasteiger partial charge in [-0.3, -0.25) is 0 Å². The van der Waals surface area contributed by atoms with Crippen molar-refractivity contribution in [3.05, 3.63) is 36.3 Å². The zero-order chi connectivity index (χ0) is 9.97. The molecular formula is C9H11N5. The fourth-order valence-electron chi connectivity index (χ4n) is 1.27. The van der Waals surface area contributed by atoms with E-state index in [1.165, 1.54) is 0 Å². The smallest absolute Gasteiger partial charge is 0.150 e. The summed E-state index contributed by atoms with van der Waals surface area (Å²) in [5.74, 6) is 1.22. The summed E-state index contributed by atoms with van der Waals surface area (Å²) in [5, 5.41) is 0. The number of nitrogen functional groups attached to an aromatic ring is 1. The summed E-state index contributed by atoms with van der Waals surface area (Å²) >= 11 is 0. The molecule has 2 heterocycles. The third kappa shape index (κ3) is 1.87. The van der Waals surface area contributed by atoms with Crippen molar-refractivity contribution >= 4 is 5.82 Å². The topological polar surface area (TPSA) is 69.6 Å². The predicted octanol–water partition coefficient (Wildman–Crippen LogP) is 0.612. The Morgan fingerprint density at radius 1 is 1.43 bits per heavy atom. The number of aromatic nitrogens is 4. The molecule has 5 nitrogen and oxygen atoms in total. The van der Waals surface area contributed by atoms with Crippen molar-refractivity contribution < 1.29 is 0 Å². The molecule has 2 aromatic rings. The van der Waals surface area contributed by atoms with Crippen LogP contribution in [-0.2, 0) is 6.54 Å². The molecule has 0 spiro atoms. The fourth-order valence-corrected chi connectivity index (χ4v) is 1.27. The number of hydrogen-bond donors (Lipinski definition) is 1. The number of nitrogens with zero attached hydrogens (tertiary/aromatic N) is 4. The highest BCUT2D eigenvalue weighted by atomic mass is 15.1. The minimum absolute atomic E-state index is 0.507. The summed E-state index contributed by atoms with van der Waals surface area (Å²) in [7, 11) is 0. The van der Waals surface area contributed by atoms with Gasteiger partial charge in [-0.1, -0.05) is 0 Å². The SMILES string of the molecule is Cc1cc(N)nc(Cn2ccnc2)n1. The Kier molecular flexibility index (Phi) is 2.14. The van der Waals surface area contributed by atoms with Gasteiger partial charge < -0.3 is 10.3 Å². The van der Waals surface area contributed by atoms with E-state index in [9.17, 15) is 0 Å². The number of nitrogens with two attached hydrogens (primary N) is 1. The van der Waals surface area contributed by atoms with Crippen LogP contribution in [-0.4, -0.2) is 19.5 Å². The summed E-state index contributed by atoms with van der Waals surface area (Å²) in [5.41, 5.74) is 6.49. The number of rotatable bonds is 2. The average Bonchev–Trinajstić information content (AvgIpc) is 2.54. The first-order valence-electron chi connectivity index (χ1n) is 4.30. The Morgan fingerprint density at radius 2 is 2.29 bits per heavy atom. The van der Waals surface area contributed by atoms with Gasteiger partial charge in [-0.25, -0.2) is 15.0 Å². The van der Waals surface area contributed by atoms with E-state index < -0.39 is 0 Å². The first-order chi connectivity index (χ1) is 6.74. The van der Waals surface area contributed by atoms with E-state index >= 15 is 0 Å². The Hall–Kier alpha value is -1.91. The molecule has 5 heteroatoms. The van der Waals surface area contributed by atoms with Gasteiger partial charge in [0.25, 0.3) is 0 Å². The van der Waals surface area contributed by atoms with Crippen molar-refractivity contribution in [1.29, 1.82) is 0 Å². The Bertz CT molecular complexity index is 401. The van der Waals surface area contributed by atoms with Gasteiger partial charge >= 0.3 is 0 Å². The molecule has 0 unspecified atom stereocenters. The molecule has 0 aliphatic rings. The molecule has 14 heavy (non-hydrogen) atoms. The lowest BCUT2D eigenvalue weighted by Gasteiger charge is -2.03. The molecule has 0 aliphatic heterocycles. The summed E-state index contributed by atoms with van der Waals surface area (Å²) in [6.45, 7) is 2.50. The second-order valence-electron chi connectivity index (χ2n) is 3.09. The van der Waals surface area contributed by atoms with Crippen LogP contribution in [0.15, 0.2) is 24.8 Å². The molecule has 72 valence electrons. The van der Waals surface area contributed by atoms with Gasteiger partial charge in [0.1, 0.15) is 5.82 Å². The standard InChI is InChI=1S/C9H11N5/c1-7-4-8(10)13-9(12-7)5-14-3-2-11-6-14/h2-4,6H,5H2,1H3,(H2,10,12,13). The van der Waals surface area contributed by atoms with Crippen molar-refractivity contribution in [2.24, 2.45) is 0 Å². The maximum atomic E-state index is 5.61. The fraction of sp³-hybridized carbons (Fsp3) is 0.222. The number of anilines is 1. The van der Waals surface area contributed by atoms with Gasteiger partial charge in [0.2, 0.25) is 0 Å². The van der Waals surface area contributed by atoms with Crippen molar-refractivity contribution in [3.8, 4) is 0 Å². The first-order valence-corrected chi connectivity index (χ1v) is 4.30. The van der Waals surface area contributed by atoms with Gasteiger partial charge in [-0.15, -0.1) is 0 Å². The molecule has 2 rings (SSSR count). The molecule has 0 atom stereocenters. The monoisotopic (exact) mass is 189 g/mol. The largest absolute Gasteiger partial charge is 0.384 e. The highest BCUT2D eigenvalue weighted by Gasteiger charge is 2.00. The van der Waals surface area contributed by atoms with Crippen LogP contribution >= 0.6 is 0 Å². The summed E-state index contributed by atoms with van der Waals surface area (Å²) in [4.78, 5) is 12.3. The average molecular weight is 189 g/mol. The van der Waals surface area contributed by atoms with E-state index in [4.69, 9.17) is 5.73 Å². The Labute approximate surface area is 81.6 Å². The van der Waals surface area contributed by atoms with Gasteiger partial charge in [-0.2, -0.15) is 0 Å². The van der Waals surface area contributed by atoms with E-state index in [0.717, 1.165) is 5.69 Å². The molecule has 2 aromatic heterocycles. The minimum Gasteiger partial charge on any atom is -0.384 e. The molecule has 0 aromatic carbocycles. The van der Waals surface area contributed by atoms with Crippen LogP contribution in [0.3, 0.4) is 0 Å². The second kappa shape index (κ2) is 3.45. The van der Waals surface area contributed by atoms with Crippen molar-refractivity contribution in [3.63, 3.8) is 0 Å². The van der Waals surface area contributed by atoms with E-state index in [0.29, 0.717) is 18.2 Å². The van der Waals surface area contributed by atoms with Gasteiger partial charge in [-0.05, 0) is 6.92 Å². The van der Waals surface area contributed by atoms with Crippen LogP contribution in [0.4, 0.5) is 5.82 Å². The second-order valence-corrected chi connectivity index (χ2v) is 3.09. The lowest BCUT2D eigenvalue weighted by Crippen LogP contribution is -2.05. The normalized spacial score (nSPS) is 10.4. The van der Waals surface area contributed by atoms with Crippen LogP contribution < -0.4 is 5.73 Å². The molecular weight excluding hydrogens is 178 g/mol. The summed E-state index contributed by atoms with van der Waals surface area (Å²) < 4.78 is 1.90. The highest BCUT2D eigenvalue weighted by Crippen LogP contribution is 2.03. The van der Waals surface area contributed by atoms with E-state index in [2.05, 4.69) is 15.0 Å². The molecule has 0 saturated heterocycles. The van der Waals surface area contributed by atoms with Crippen molar-refractivity contribution in [2.75, 3.05) is 5.73 Å². The van der Waals surface area contributed by atoms with Crippen LogP contribution in [0.25, 0.3) is 0 Å². The van der Waals surface area contributed by atoms with Crippen molar-refractivity contribution in [1.82, 2.24) is 19.5 Å². The van der Waals surface area contributed by atoms with E-state index in [1.54, 1.807) is 18.6 Å². The number of aryl methyl sites for hydroxylation is 1. The molecule has 0 bridgehead atoms. The summed E-state index contributed by atoms with van der Waals surface area (Å²) in [6.07, 6.45) is 5.31. The Morgan fingerprint density at radius 3 is 2.93 bits per heavy atom. The number of hydrogen-bond acceptors (Lipinski definition) is 4. The molecule has 0 radical (unpaired) electrons. The molecule has 0 amide bonds. The zero-order valence-corrected chi connectivity index (χ0v) is 7.88. The van der Waals surface area contributed by atoms with Crippen molar-refractivity contribution in [2.45, 2.75) is 13.5 Å². The molecule has 0 saturated carbocycles. The highest BCUT2D eigenvalue weighted by molar-refractivity contribution is 5.29. The van der Waals surface area contributed by atoms with Crippen LogP contribution in [0.1, 0.15) is 11.5 Å². The molecule has 2 N–H and O–H groups in total. The zero-order valence-electron chi connectivity index (χ0n) is 7.88. The first kappa shape index (κ1) is 8.68. The third-order valence-electron chi connectivity index (χ3n) is 1.80. The quantitative estimate of drug-likeness (QED) is 0.751. The maximum Gasteiger partial charge on any atom is 0.150 e. The van der Waals surface area contributed by atoms with E-state index in [1.807, 2.05) is 17.7 Å². The third-order valence-corrected chi connectivity index (χ3v) is 1.80. The molecule has 0 aliphatic carbocycles.